The summed E-state index contributed by atoms with van der Waals surface area (Å²) < 4.78 is 5.35. The van der Waals surface area contributed by atoms with Crippen LogP contribution in [0.25, 0.3) is 0 Å². The molecule has 0 spiro atoms. The van der Waals surface area contributed by atoms with Gasteiger partial charge >= 0.3 is 0 Å². The van der Waals surface area contributed by atoms with Crippen molar-refractivity contribution in [1.29, 1.82) is 0 Å². The van der Waals surface area contributed by atoms with Crippen LogP contribution in [-0.2, 0) is 16.0 Å². The number of methoxy groups -OCH3 is 1. The lowest BCUT2D eigenvalue weighted by Crippen LogP contribution is -2.46. The zero-order chi connectivity index (χ0) is 21.3. The predicted octanol–water partition coefficient (Wildman–Crippen LogP) is 1.28. The van der Waals surface area contributed by atoms with Gasteiger partial charge in [0, 0.05) is 25.2 Å². The molecule has 1 saturated heterocycles. The second-order valence-corrected chi connectivity index (χ2v) is 8.62. The van der Waals surface area contributed by atoms with Crippen molar-refractivity contribution in [3.8, 4) is 5.75 Å². The Morgan fingerprint density at radius 3 is 2.24 bits per heavy atom. The number of hydrogen-bond acceptors (Lipinski definition) is 5. The number of carbonyl (C=O) groups is 2. The van der Waals surface area contributed by atoms with Crippen LogP contribution in [0.4, 0.5) is 0 Å². The van der Waals surface area contributed by atoms with E-state index in [0.29, 0.717) is 19.6 Å². The quantitative estimate of drug-likeness (QED) is 0.683. The zero-order valence-corrected chi connectivity index (χ0v) is 18.3. The van der Waals surface area contributed by atoms with E-state index in [2.05, 4.69) is 20.4 Å². The summed E-state index contributed by atoms with van der Waals surface area (Å²) >= 11 is 0. The average Bonchev–Trinajstić information content (AvgIpc) is 2.85. The van der Waals surface area contributed by atoms with Crippen molar-refractivity contribution < 1.29 is 14.3 Å². The van der Waals surface area contributed by atoms with Crippen molar-refractivity contribution in [3.63, 3.8) is 0 Å². The number of para-hydroxylation sites is 1. The fourth-order valence-corrected chi connectivity index (χ4v) is 3.51. The summed E-state index contributed by atoms with van der Waals surface area (Å²) in [6, 6.07) is 7.87. The van der Waals surface area contributed by atoms with Crippen LogP contribution in [0.3, 0.4) is 0 Å². The Bertz CT molecular complexity index is 672. The molecule has 0 aliphatic carbocycles. The molecule has 1 aliphatic heterocycles. The second-order valence-electron chi connectivity index (χ2n) is 8.62. The average molecular weight is 405 g/mol. The molecular weight excluding hydrogens is 368 g/mol. The maximum absolute atomic E-state index is 12.3. The molecule has 1 aromatic rings. The molecule has 2 amide bonds. The fraction of sp³-hybridized carbons (Fsp3) is 0.636. The van der Waals surface area contributed by atoms with Gasteiger partial charge in [-0.1, -0.05) is 18.2 Å². The highest BCUT2D eigenvalue weighted by Crippen LogP contribution is 2.17. The maximum atomic E-state index is 12.3. The molecule has 1 aliphatic rings. The Balaban J connectivity index is 1.70. The number of nitrogens with one attached hydrogen (secondary N) is 2. The van der Waals surface area contributed by atoms with E-state index in [0.717, 1.165) is 50.3 Å². The fourth-order valence-electron chi connectivity index (χ4n) is 3.51. The largest absolute Gasteiger partial charge is 0.496 e. The molecule has 29 heavy (non-hydrogen) atoms. The highest BCUT2D eigenvalue weighted by molar-refractivity contribution is 5.79. The minimum atomic E-state index is -0.211. The summed E-state index contributed by atoms with van der Waals surface area (Å²) in [5.74, 6) is 0.948. The lowest BCUT2D eigenvalue weighted by atomic mass is 10.1. The maximum Gasteiger partial charge on any atom is 0.234 e. The first-order chi connectivity index (χ1) is 13.8. The molecule has 0 radical (unpaired) electrons. The summed E-state index contributed by atoms with van der Waals surface area (Å²) in [4.78, 5) is 28.8. The van der Waals surface area contributed by atoms with E-state index >= 15 is 0 Å². The van der Waals surface area contributed by atoms with Crippen molar-refractivity contribution in [2.45, 2.75) is 39.2 Å². The minimum Gasteiger partial charge on any atom is -0.496 e. The van der Waals surface area contributed by atoms with Gasteiger partial charge in [0.25, 0.3) is 0 Å². The molecule has 0 unspecified atom stereocenters. The number of benzene rings is 1. The van der Waals surface area contributed by atoms with E-state index in [-0.39, 0.29) is 17.4 Å². The lowest BCUT2D eigenvalue weighted by Gasteiger charge is -2.25. The van der Waals surface area contributed by atoms with Crippen LogP contribution in [0.1, 0.15) is 32.8 Å². The summed E-state index contributed by atoms with van der Waals surface area (Å²) in [6.45, 7) is 10.7. The first-order valence-corrected chi connectivity index (χ1v) is 10.4. The van der Waals surface area contributed by atoms with Crippen LogP contribution in [0.15, 0.2) is 24.3 Å². The van der Waals surface area contributed by atoms with Gasteiger partial charge in [-0.25, -0.2) is 0 Å². The number of rotatable bonds is 8. The first kappa shape index (κ1) is 23.2. The molecule has 2 N–H and O–H groups in total. The monoisotopic (exact) mass is 404 g/mol. The van der Waals surface area contributed by atoms with Crippen LogP contribution in [0, 0.1) is 0 Å². The molecule has 162 valence electrons. The van der Waals surface area contributed by atoms with Gasteiger partial charge in [0.2, 0.25) is 11.8 Å². The summed E-state index contributed by atoms with van der Waals surface area (Å²) in [7, 11) is 1.66. The van der Waals surface area contributed by atoms with E-state index in [1.54, 1.807) is 7.11 Å². The van der Waals surface area contributed by atoms with Crippen molar-refractivity contribution in [3.05, 3.63) is 29.8 Å². The highest BCUT2D eigenvalue weighted by atomic mass is 16.5. The number of nitrogens with zero attached hydrogens (tertiary/aromatic N) is 2. The predicted molar refractivity (Wildman–Crippen MR) is 115 cm³/mol. The number of carbonyl (C=O) groups excluding carboxylic acids is 2. The van der Waals surface area contributed by atoms with Gasteiger partial charge in [-0.05, 0) is 58.3 Å². The van der Waals surface area contributed by atoms with Crippen LogP contribution in [0.2, 0.25) is 0 Å². The Kier molecular flexibility index (Phi) is 8.92. The highest BCUT2D eigenvalue weighted by Gasteiger charge is 2.20. The molecule has 7 heteroatoms. The van der Waals surface area contributed by atoms with Gasteiger partial charge in [-0.15, -0.1) is 0 Å². The smallest absolute Gasteiger partial charge is 0.234 e. The lowest BCUT2D eigenvalue weighted by molar-refractivity contribution is -0.124. The summed E-state index contributed by atoms with van der Waals surface area (Å²) in [6.07, 6.45) is 1.70. The van der Waals surface area contributed by atoms with Gasteiger partial charge in [0.15, 0.2) is 0 Å². The van der Waals surface area contributed by atoms with Crippen molar-refractivity contribution in [2.75, 3.05) is 52.9 Å². The van der Waals surface area contributed by atoms with Gasteiger partial charge in [-0.2, -0.15) is 0 Å². The Hall–Kier alpha value is -2.12. The van der Waals surface area contributed by atoms with E-state index in [1.807, 2.05) is 45.0 Å². The van der Waals surface area contributed by atoms with E-state index in [9.17, 15) is 9.59 Å². The third-order valence-electron chi connectivity index (χ3n) is 4.84. The standard InChI is InChI=1S/C22H36N4O3/c1-22(2,3)24-21(28)17-26-13-7-12-25(14-15-26)16-20(27)23-11-10-18-8-5-6-9-19(18)29-4/h5-6,8-9H,7,10-17H2,1-4H3,(H,23,27)(H,24,28). The van der Waals surface area contributed by atoms with Crippen LogP contribution in [-0.4, -0.2) is 80.1 Å². The number of amides is 2. The van der Waals surface area contributed by atoms with E-state index in [4.69, 9.17) is 4.74 Å². The SMILES string of the molecule is COc1ccccc1CCNC(=O)CN1CCCN(CC(=O)NC(C)(C)C)CC1. The molecule has 0 saturated carbocycles. The van der Waals surface area contributed by atoms with Crippen molar-refractivity contribution in [1.82, 2.24) is 20.4 Å². The molecule has 1 fully saturated rings. The third-order valence-corrected chi connectivity index (χ3v) is 4.84. The first-order valence-electron chi connectivity index (χ1n) is 10.4. The Morgan fingerprint density at radius 1 is 1.00 bits per heavy atom. The molecule has 2 rings (SSSR count). The van der Waals surface area contributed by atoms with E-state index in [1.165, 1.54) is 0 Å². The van der Waals surface area contributed by atoms with Gasteiger partial charge in [-0.3, -0.25) is 19.4 Å². The van der Waals surface area contributed by atoms with Crippen molar-refractivity contribution in [2.24, 2.45) is 0 Å². The Morgan fingerprint density at radius 2 is 1.62 bits per heavy atom. The molecular formula is C22H36N4O3. The minimum absolute atomic E-state index is 0.0406. The summed E-state index contributed by atoms with van der Waals surface area (Å²) in [5, 5.41) is 6.01. The second kappa shape index (κ2) is 11.2. The summed E-state index contributed by atoms with van der Waals surface area (Å²) in [5.41, 5.74) is 0.880. The van der Waals surface area contributed by atoms with Crippen molar-refractivity contribution >= 4 is 11.8 Å². The van der Waals surface area contributed by atoms with Crippen LogP contribution < -0.4 is 15.4 Å². The molecule has 0 atom stereocenters. The van der Waals surface area contributed by atoms with Gasteiger partial charge in [0.05, 0.1) is 20.2 Å². The van der Waals surface area contributed by atoms with Gasteiger partial charge < -0.3 is 15.4 Å². The van der Waals surface area contributed by atoms with Crippen LogP contribution >= 0.6 is 0 Å². The number of hydrogen-bond donors (Lipinski definition) is 2. The molecule has 1 aromatic carbocycles. The normalized spacial score (nSPS) is 16.1. The third kappa shape index (κ3) is 8.83. The molecule has 1 heterocycles. The van der Waals surface area contributed by atoms with Gasteiger partial charge in [0.1, 0.15) is 5.75 Å². The molecule has 7 nitrogen and oxygen atoms in total. The van der Waals surface area contributed by atoms with Crippen LogP contribution in [0.5, 0.6) is 5.75 Å². The number of ether oxygens (including phenoxy) is 1. The topological polar surface area (TPSA) is 73.9 Å². The van der Waals surface area contributed by atoms with E-state index < -0.39 is 0 Å². The molecule has 0 bridgehead atoms. The zero-order valence-electron chi connectivity index (χ0n) is 18.3. The molecule has 0 aromatic heterocycles. The Labute approximate surface area is 174 Å².